The summed E-state index contributed by atoms with van der Waals surface area (Å²) in [6, 6.07) is 13.9. The number of carbonyl (C=O) groups is 4. The van der Waals surface area contributed by atoms with Gasteiger partial charge in [0.25, 0.3) is 0 Å². The van der Waals surface area contributed by atoms with E-state index in [4.69, 9.17) is 9.47 Å². The molecule has 46 heavy (non-hydrogen) atoms. The zero-order valence-corrected chi connectivity index (χ0v) is 29.4. The summed E-state index contributed by atoms with van der Waals surface area (Å²) in [4.78, 5) is 56.8. The standard InChI is InChI=1S/C36H51N3O6S/c1-9-24-15-17-26(18-16-24)30(31(40)37-29(33(42)44-35(2,3)4)23-25-13-11-10-12-14-25)39(27-19-20-27)32(41)28(21-22-46-8)38-34(43)45-36(5,6)7/h10-18,27-30H,9,19-23H2,1-8H3,(H,37,40)(H,38,43). The minimum Gasteiger partial charge on any atom is -0.458 e. The molecule has 9 nitrogen and oxygen atoms in total. The van der Waals surface area contributed by atoms with Crippen molar-refractivity contribution in [2.75, 3.05) is 12.0 Å². The summed E-state index contributed by atoms with van der Waals surface area (Å²) < 4.78 is 11.2. The molecule has 1 aliphatic rings. The molecule has 2 N–H and O–H groups in total. The molecule has 2 aromatic rings. The van der Waals surface area contributed by atoms with Gasteiger partial charge < -0.3 is 25.0 Å². The van der Waals surface area contributed by atoms with Gasteiger partial charge in [0, 0.05) is 12.5 Å². The Hall–Kier alpha value is -3.53. The molecule has 0 aromatic heterocycles. The number of alkyl carbamates (subject to hydrolysis) is 1. The fraction of sp³-hybridized carbons (Fsp3) is 0.556. The molecule has 3 rings (SSSR count). The van der Waals surface area contributed by atoms with Gasteiger partial charge in [-0.25, -0.2) is 9.59 Å². The number of thioether (sulfide) groups is 1. The van der Waals surface area contributed by atoms with Crippen LogP contribution in [0.1, 0.15) is 90.5 Å². The maximum atomic E-state index is 14.5. The normalized spacial score (nSPS) is 15.2. The SMILES string of the molecule is CCc1ccc(C(C(=O)NC(Cc2ccccc2)C(=O)OC(C)(C)C)N(C(=O)C(CCSC)NC(=O)OC(C)(C)C)C2CC2)cc1. The van der Waals surface area contributed by atoms with Crippen molar-refractivity contribution in [1.82, 2.24) is 15.5 Å². The van der Waals surface area contributed by atoms with Crippen molar-refractivity contribution < 1.29 is 28.7 Å². The van der Waals surface area contributed by atoms with Crippen LogP contribution in [0, 0.1) is 0 Å². The molecule has 1 aliphatic carbocycles. The zero-order chi connectivity index (χ0) is 34.1. The highest BCUT2D eigenvalue weighted by Crippen LogP contribution is 2.36. The second-order valence-electron chi connectivity index (χ2n) is 13.7. The number of hydrogen-bond acceptors (Lipinski definition) is 7. The summed E-state index contributed by atoms with van der Waals surface area (Å²) in [6.07, 6.45) is 4.09. The minimum atomic E-state index is -1.04. The fourth-order valence-electron chi connectivity index (χ4n) is 5.03. The second-order valence-corrected chi connectivity index (χ2v) is 14.7. The number of aryl methyl sites for hydroxylation is 1. The van der Waals surface area contributed by atoms with Gasteiger partial charge in [0.15, 0.2) is 0 Å². The highest BCUT2D eigenvalue weighted by molar-refractivity contribution is 7.98. The summed E-state index contributed by atoms with van der Waals surface area (Å²) in [5.74, 6) is -0.792. The first-order valence-electron chi connectivity index (χ1n) is 16.1. The molecular weight excluding hydrogens is 602 g/mol. The molecule has 1 saturated carbocycles. The van der Waals surface area contributed by atoms with E-state index in [1.54, 1.807) is 58.2 Å². The molecule has 10 heteroatoms. The van der Waals surface area contributed by atoms with Gasteiger partial charge >= 0.3 is 12.1 Å². The molecule has 0 spiro atoms. The smallest absolute Gasteiger partial charge is 0.408 e. The Morgan fingerprint density at radius 2 is 1.46 bits per heavy atom. The highest BCUT2D eigenvalue weighted by Gasteiger charge is 2.45. The predicted octanol–water partition coefficient (Wildman–Crippen LogP) is 6.00. The summed E-state index contributed by atoms with van der Waals surface area (Å²) in [6.45, 7) is 12.7. The Labute approximate surface area is 278 Å². The highest BCUT2D eigenvalue weighted by atomic mass is 32.2. The first-order chi connectivity index (χ1) is 21.6. The van der Waals surface area contributed by atoms with Gasteiger partial charge in [0.2, 0.25) is 11.8 Å². The van der Waals surface area contributed by atoms with E-state index < -0.39 is 47.3 Å². The molecule has 3 amide bonds. The van der Waals surface area contributed by atoms with Gasteiger partial charge in [-0.15, -0.1) is 0 Å². The number of nitrogens with zero attached hydrogens (tertiary/aromatic N) is 1. The van der Waals surface area contributed by atoms with E-state index in [1.807, 2.05) is 67.8 Å². The molecule has 0 aliphatic heterocycles. The van der Waals surface area contributed by atoms with E-state index in [0.29, 0.717) is 17.7 Å². The lowest BCUT2D eigenvalue weighted by atomic mass is 9.99. The second kappa shape index (κ2) is 16.3. The van der Waals surface area contributed by atoms with Crippen LogP contribution in [-0.4, -0.2) is 70.1 Å². The molecule has 3 atom stereocenters. The fourth-order valence-corrected chi connectivity index (χ4v) is 5.51. The molecule has 1 fully saturated rings. The van der Waals surface area contributed by atoms with E-state index in [-0.39, 0.29) is 18.4 Å². The van der Waals surface area contributed by atoms with Crippen LogP contribution in [0.2, 0.25) is 0 Å². The molecular formula is C36H51N3O6S. The van der Waals surface area contributed by atoms with Crippen LogP contribution in [0.4, 0.5) is 4.79 Å². The maximum Gasteiger partial charge on any atom is 0.408 e. The zero-order valence-electron chi connectivity index (χ0n) is 28.6. The minimum absolute atomic E-state index is 0.194. The van der Waals surface area contributed by atoms with E-state index in [2.05, 4.69) is 10.6 Å². The number of esters is 1. The quantitative estimate of drug-likeness (QED) is 0.241. The van der Waals surface area contributed by atoms with Crippen molar-refractivity contribution in [1.29, 1.82) is 0 Å². The number of amides is 3. The van der Waals surface area contributed by atoms with Crippen LogP contribution in [0.25, 0.3) is 0 Å². The van der Waals surface area contributed by atoms with Gasteiger partial charge in [0.1, 0.15) is 29.3 Å². The van der Waals surface area contributed by atoms with Crippen LogP contribution in [0.5, 0.6) is 0 Å². The van der Waals surface area contributed by atoms with Gasteiger partial charge in [-0.3, -0.25) is 9.59 Å². The number of carbonyl (C=O) groups excluding carboxylic acids is 4. The Balaban J connectivity index is 2.03. The van der Waals surface area contributed by atoms with Crippen molar-refractivity contribution >= 4 is 35.6 Å². The molecule has 0 heterocycles. The number of benzene rings is 2. The average Bonchev–Trinajstić information content (AvgIpc) is 3.81. The van der Waals surface area contributed by atoms with Crippen LogP contribution < -0.4 is 10.6 Å². The molecule has 0 bridgehead atoms. The Bertz CT molecular complexity index is 1320. The maximum absolute atomic E-state index is 14.5. The molecule has 2 aromatic carbocycles. The van der Waals surface area contributed by atoms with Crippen molar-refractivity contribution in [3.63, 3.8) is 0 Å². The number of rotatable bonds is 14. The topological polar surface area (TPSA) is 114 Å². The van der Waals surface area contributed by atoms with E-state index in [1.165, 1.54) is 0 Å². The number of ether oxygens (including phenoxy) is 2. The largest absolute Gasteiger partial charge is 0.458 e. The summed E-state index contributed by atoms with van der Waals surface area (Å²) in [5.41, 5.74) is 1.06. The number of nitrogens with one attached hydrogen (secondary N) is 2. The lowest BCUT2D eigenvalue weighted by molar-refractivity contribution is -0.159. The first kappa shape index (κ1) is 36.9. The average molecular weight is 654 g/mol. The summed E-state index contributed by atoms with van der Waals surface area (Å²) >= 11 is 1.56. The van der Waals surface area contributed by atoms with E-state index in [9.17, 15) is 19.2 Å². The van der Waals surface area contributed by atoms with Crippen LogP contribution in [0.15, 0.2) is 54.6 Å². The van der Waals surface area contributed by atoms with Crippen molar-refractivity contribution in [3.8, 4) is 0 Å². The third kappa shape index (κ3) is 11.7. The van der Waals surface area contributed by atoms with Crippen molar-refractivity contribution in [3.05, 3.63) is 71.3 Å². The van der Waals surface area contributed by atoms with Crippen LogP contribution >= 0.6 is 11.8 Å². The molecule has 0 saturated heterocycles. The Kier molecular flexibility index (Phi) is 13.1. The first-order valence-corrected chi connectivity index (χ1v) is 17.5. The Morgan fingerprint density at radius 1 is 0.848 bits per heavy atom. The van der Waals surface area contributed by atoms with Crippen LogP contribution in [-0.2, 0) is 36.7 Å². The Morgan fingerprint density at radius 3 is 1.98 bits per heavy atom. The number of hydrogen-bond donors (Lipinski definition) is 2. The van der Waals surface area contributed by atoms with Gasteiger partial charge in [-0.05, 0) is 95.9 Å². The van der Waals surface area contributed by atoms with Crippen molar-refractivity contribution in [2.24, 2.45) is 0 Å². The molecule has 3 unspecified atom stereocenters. The summed E-state index contributed by atoms with van der Waals surface area (Å²) in [5, 5.41) is 5.74. The third-order valence-electron chi connectivity index (χ3n) is 7.32. The van der Waals surface area contributed by atoms with Crippen LogP contribution in [0.3, 0.4) is 0 Å². The predicted molar refractivity (Wildman–Crippen MR) is 183 cm³/mol. The molecule has 252 valence electrons. The third-order valence-corrected chi connectivity index (χ3v) is 7.96. The lowest BCUT2D eigenvalue weighted by Crippen LogP contribution is -2.55. The monoisotopic (exact) mass is 653 g/mol. The van der Waals surface area contributed by atoms with E-state index in [0.717, 1.165) is 30.4 Å². The van der Waals surface area contributed by atoms with E-state index >= 15 is 0 Å². The van der Waals surface area contributed by atoms with Gasteiger partial charge in [-0.2, -0.15) is 11.8 Å². The molecule has 0 radical (unpaired) electrons. The van der Waals surface area contributed by atoms with Gasteiger partial charge in [-0.1, -0.05) is 61.5 Å². The van der Waals surface area contributed by atoms with Gasteiger partial charge in [0.05, 0.1) is 0 Å². The van der Waals surface area contributed by atoms with Crippen molar-refractivity contribution in [2.45, 2.75) is 116 Å². The summed E-state index contributed by atoms with van der Waals surface area (Å²) in [7, 11) is 0. The lowest BCUT2D eigenvalue weighted by Gasteiger charge is -2.35.